The van der Waals surface area contributed by atoms with Crippen molar-refractivity contribution in [2.45, 2.75) is 58.6 Å². The second-order valence-electron chi connectivity index (χ2n) is 7.22. The van der Waals surface area contributed by atoms with E-state index in [1.165, 1.54) is 21.0 Å². The molecule has 0 bridgehead atoms. The van der Waals surface area contributed by atoms with E-state index in [1.54, 1.807) is 12.1 Å². The Morgan fingerprint density at radius 1 is 1.29 bits per heavy atom. The minimum atomic E-state index is -1.60. The molecule has 1 fully saturated rings. The number of amides is 3. The van der Waals surface area contributed by atoms with Crippen LogP contribution in [-0.2, 0) is 19.1 Å². The number of Topliss-reactive ketones (excluding diaryl/α,β-unsaturated/α-hetero) is 1. The molecule has 152 valence electrons. The number of aryl methyl sites for hydroxylation is 1. The minimum Gasteiger partial charge on any atom is -0.495 e. The van der Waals surface area contributed by atoms with Gasteiger partial charge in [-0.1, -0.05) is 19.4 Å². The fraction of sp³-hybridized carbons (Fsp3) is 0.500. The van der Waals surface area contributed by atoms with Crippen LogP contribution >= 0.6 is 0 Å². The highest BCUT2D eigenvalue weighted by Crippen LogP contribution is 2.29. The van der Waals surface area contributed by atoms with Gasteiger partial charge in [-0.15, -0.1) is 0 Å². The summed E-state index contributed by atoms with van der Waals surface area (Å²) in [5.41, 5.74) is -0.218. The Morgan fingerprint density at radius 3 is 2.50 bits per heavy atom. The smallest absolute Gasteiger partial charge is 0.418 e. The van der Waals surface area contributed by atoms with E-state index in [2.05, 4.69) is 5.32 Å². The zero-order chi connectivity index (χ0) is 21.1. The van der Waals surface area contributed by atoms with Crippen molar-refractivity contribution < 1.29 is 28.7 Å². The van der Waals surface area contributed by atoms with Crippen molar-refractivity contribution in [1.29, 1.82) is 0 Å². The number of hydrogen-bond donors (Lipinski definition) is 1. The molecule has 1 aromatic rings. The molecule has 1 aliphatic heterocycles. The second-order valence-corrected chi connectivity index (χ2v) is 7.22. The maximum atomic E-state index is 13.0. The summed E-state index contributed by atoms with van der Waals surface area (Å²) < 4.78 is 10.3. The highest BCUT2D eigenvalue weighted by atomic mass is 16.6. The highest BCUT2D eigenvalue weighted by molar-refractivity contribution is 6.18. The van der Waals surface area contributed by atoms with Gasteiger partial charge in [-0.2, -0.15) is 0 Å². The van der Waals surface area contributed by atoms with Gasteiger partial charge in [0.2, 0.25) is 0 Å². The molecule has 0 spiro atoms. The van der Waals surface area contributed by atoms with Gasteiger partial charge in [0, 0.05) is 6.42 Å². The molecule has 3 amide bonds. The van der Waals surface area contributed by atoms with Crippen LogP contribution in [0.15, 0.2) is 18.2 Å². The van der Waals surface area contributed by atoms with Crippen LogP contribution in [0.5, 0.6) is 5.75 Å². The largest absolute Gasteiger partial charge is 0.495 e. The zero-order valence-corrected chi connectivity index (χ0v) is 16.8. The Hall–Kier alpha value is -2.90. The molecular weight excluding hydrogens is 364 g/mol. The van der Waals surface area contributed by atoms with E-state index in [1.807, 2.05) is 19.9 Å². The number of carbonyl (C=O) groups is 4. The summed E-state index contributed by atoms with van der Waals surface area (Å²) in [7, 11) is 1.45. The van der Waals surface area contributed by atoms with E-state index in [0.29, 0.717) is 22.8 Å². The van der Waals surface area contributed by atoms with Crippen molar-refractivity contribution in [3.05, 3.63) is 23.8 Å². The number of nitrogens with zero attached hydrogens (tertiary/aromatic N) is 1. The first-order valence-electron chi connectivity index (χ1n) is 9.17. The van der Waals surface area contributed by atoms with Crippen LogP contribution in [0, 0.1) is 6.92 Å². The van der Waals surface area contributed by atoms with E-state index in [4.69, 9.17) is 9.47 Å². The van der Waals surface area contributed by atoms with Crippen LogP contribution in [0.1, 0.15) is 45.6 Å². The number of ketones is 1. The first-order valence-corrected chi connectivity index (χ1v) is 9.17. The average Bonchev–Trinajstić information content (AvgIpc) is 2.82. The Labute approximate surface area is 164 Å². The molecule has 0 radical (unpaired) electrons. The molecule has 1 heterocycles. The molecule has 1 saturated heterocycles. The number of cyclic esters (lactones) is 1. The Bertz CT molecular complexity index is 802. The monoisotopic (exact) mass is 390 g/mol. The molecule has 0 aromatic heterocycles. The molecule has 1 atom stereocenters. The van der Waals surface area contributed by atoms with Gasteiger partial charge in [0.25, 0.3) is 11.8 Å². The zero-order valence-electron chi connectivity index (χ0n) is 16.8. The van der Waals surface area contributed by atoms with Gasteiger partial charge in [-0.05, 0) is 44.9 Å². The lowest BCUT2D eigenvalue weighted by molar-refractivity contribution is -0.143. The number of benzene rings is 1. The van der Waals surface area contributed by atoms with Gasteiger partial charge < -0.3 is 14.8 Å². The number of anilines is 1. The first-order chi connectivity index (χ1) is 13.1. The van der Waals surface area contributed by atoms with E-state index in [0.717, 1.165) is 12.0 Å². The SMILES string of the molecule is CCCCC(=O)C(C(=O)Nc1cc(C)ccc1OC)N1C(=O)OC(C)(C)C1=O. The number of hydrogen-bond acceptors (Lipinski definition) is 6. The fourth-order valence-electron chi connectivity index (χ4n) is 2.92. The number of methoxy groups -OCH3 is 1. The van der Waals surface area contributed by atoms with E-state index in [9.17, 15) is 19.2 Å². The van der Waals surface area contributed by atoms with Crippen LogP contribution in [0.3, 0.4) is 0 Å². The second kappa shape index (κ2) is 8.41. The van der Waals surface area contributed by atoms with E-state index < -0.39 is 35.3 Å². The number of rotatable bonds is 8. The van der Waals surface area contributed by atoms with Crippen molar-refractivity contribution in [2.75, 3.05) is 12.4 Å². The average molecular weight is 390 g/mol. The molecule has 1 aromatic carbocycles. The van der Waals surface area contributed by atoms with Crippen LogP contribution in [-0.4, -0.2) is 47.3 Å². The molecule has 0 saturated carbocycles. The summed E-state index contributed by atoms with van der Waals surface area (Å²) in [5.74, 6) is -1.63. The van der Waals surface area contributed by atoms with E-state index >= 15 is 0 Å². The van der Waals surface area contributed by atoms with Gasteiger partial charge in [0.05, 0.1) is 12.8 Å². The maximum absolute atomic E-state index is 13.0. The van der Waals surface area contributed by atoms with Crippen LogP contribution in [0.4, 0.5) is 10.5 Å². The summed E-state index contributed by atoms with van der Waals surface area (Å²) in [5, 5.41) is 2.62. The maximum Gasteiger partial charge on any atom is 0.418 e. The summed E-state index contributed by atoms with van der Waals surface area (Å²) in [4.78, 5) is 51.3. The first kappa shape index (κ1) is 21.4. The van der Waals surface area contributed by atoms with Gasteiger partial charge >= 0.3 is 6.09 Å². The Balaban J connectivity index is 2.38. The molecule has 8 heteroatoms. The lowest BCUT2D eigenvalue weighted by atomic mass is 10.0. The number of ether oxygens (including phenoxy) is 2. The standard InChI is InChI=1S/C20H26N2O6/c1-6-7-8-14(23)16(22-18(25)20(3,4)28-19(22)26)17(24)21-13-11-12(2)9-10-15(13)27-5/h9-11,16H,6-8H2,1-5H3,(H,21,24). The fourth-order valence-corrected chi connectivity index (χ4v) is 2.92. The normalized spacial score (nSPS) is 16.5. The lowest BCUT2D eigenvalue weighted by Gasteiger charge is -2.23. The Kier molecular flexibility index (Phi) is 6.43. The topological polar surface area (TPSA) is 102 Å². The van der Waals surface area contributed by atoms with E-state index in [-0.39, 0.29) is 6.42 Å². The van der Waals surface area contributed by atoms with Gasteiger partial charge in [0.15, 0.2) is 17.4 Å². The molecule has 1 unspecified atom stereocenters. The van der Waals surface area contributed by atoms with Gasteiger partial charge in [-0.25, -0.2) is 9.69 Å². The highest BCUT2D eigenvalue weighted by Gasteiger charge is 2.53. The summed E-state index contributed by atoms with van der Waals surface area (Å²) in [6.07, 6.45) is 0.333. The number of carbonyl (C=O) groups excluding carboxylic acids is 4. The van der Waals surface area contributed by atoms with Crippen molar-refractivity contribution >= 4 is 29.4 Å². The third-order valence-electron chi connectivity index (χ3n) is 4.47. The molecule has 0 aliphatic carbocycles. The van der Waals surface area contributed by atoms with Crippen molar-refractivity contribution in [1.82, 2.24) is 4.90 Å². The third kappa shape index (κ3) is 4.32. The molecular formula is C20H26N2O6. The Morgan fingerprint density at radius 2 is 1.96 bits per heavy atom. The van der Waals surface area contributed by atoms with Crippen molar-refractivity contribution in [3.63, 3.8) is 0 Å². The number of nitrogens with one attached hydrogen (secondary N) is 1. The van der Waals surface area contributed by atoms with Crippen LogP contribution in [0.2, 0.25) is 0 Å². The third-order valence-corrected chi connectivity index (χ3v) is 4.47. The molecule has 8 nitrogen and oxygen atoms in total. The van der Waals surface area contributed by atoms with Crippen LogP contribution in [0.25, 0.3) is 0 Å². The van der Waals surface area contributed by atoms with Crippen molar-refractivity contribution in [2.24, 2.45) is 0 Å². The lowest BCUT2D eigenvalue weighted by Crippen LogP contribution is -2.53. The summed E-state index contributed by atoms with van der Waals surface area (Å²) in [6, 6.07) is 3.57. The van der Waals surface area contributed by atoms with Crippen molar-refractivity contribution in [3.8, 4) is 5.75 Å². The van der Waals surface area contributed by atoms with Gasteiger partial charge in [0.1, 0.15) is 5.75 Å². The summed E-state index contributed by atoms with van der Waals surface area (Å²) in [6.45, 7) is 6.58. The number of unbranched alkanes of at least 4 members (excludes halogenated alkanes) is 1. The number of imide groups is 1. The van der Waals surface area contributed by atoms with Gasteiger partial charge in [-0.3, -0.25) is 14.4 Å². The van der Waals surface area contributed by atoms with Crippen LogP contribution < -0.4 is 10.1 Å². The predicted octanol–water partition coefficient (Wildman–Crippen LogP) is 2.83. The quantitative estimate of drug-likeness (QED) is 0.685. The molecule has 1 aliphatic rings. The minimum absolute atomic E-state index is 0.0665. The summed E-state index contributed by atoms with van der Waals surface area (Å²) >= 11 is 0. The predicted molar refractivity (Wildman–Crippen MR) is 102 cm³/mol. The molecule has 28 heavy (non-hydrogen) atoms. The molecule has 2 rings (SSSR count). The molecule has 1 N–H and O–H groups in total.